The van der Waals surface area contributed by atoms with E-state index in [1.807, 2.05) is 13.0 Å². The number of amides is 1. The van der Waals surface area contributed by atoms with Gasteiger partial charge in [0.2, 0.25) is 0 Å². The van der Waals surface area contributed by atoms with Crippen LogP contribution in [0.3, 0.4) is 0 Å². The average Bonchev–Trinajstić information content (AvgIpc) is 3.27. The van der Waals surface area contributed by atoms with Gasteiger partial charge in [-0.1, -0.05) is 5.16 Å². The van der Waals surface area contributed by atoms with Crippen molar-refractivity contribution < 1.29 is 9.32 Å². The Bertz CT molecular complexity index is 917. The number of rotatable bonds is 4. The molecule has 0 aromatic carbocycles. The predicted octanol–water partition coefficient (Wildman–Crippen LogP) is 2.17. The zero-order chi connectivity index (χ0) is 18.3. The highest BCUT2D eigenvalue weighted by atomic mass is 16.5. The molecule has 0 spiro atoms. The molecule has 0 radical (unpaired) electrons. The van der Waals surface area contributed by atoms with Crippen LogP contribution in [-0.2, 0) is 24.2 Å². The van der Waals surface area contributed by atoms with Crippen LogP contribution in [-0.4, -0.2) is 40.8 Å². The van der Waals surface area contributed by atoms with Crippen LogP contribution in [0.2, 0.25) is 0 Å². The number of carbonyl (C=O) groups is 1. The Balaban J connectivity index is 1.78. The second kappa shape index (κ2) is 6.57. The monoisotopic (exact) mass is 353 g/mol. The zero-order valence-corrected chi connectivity index (χ0v) is 15.3. The van der Waals surface area contributed by atoms with E-state index in [1.165, 1.54) is 29.7 Å². The minimum atomic E-state index is -0.218. The largest absolute Gasteiger partial charge is 0.361 e. The molecule has 2 aliphatic rings. The Hall–Kier alpha value is -2.67. The molecular weight excluding hydrogens is 330 g/mol. The fourth-order valence-corrected chi connectivity index (χ4v) is 3.68. The summed E-state index contributed by atoms with van der Waals surface area (Å²) in [6.07, 6.45) is 6.48. The Labute approximate surface area is 152 Å². The molecule has 2 N–H and O–H groups in total. The third-order valence-corrected chi connectivity index (χ3v) is 4.85. The van der Waals surface area contributed by atoms with Crippen LogP contribution < -0.4 is 5.43 Å². The van der Waals surface area contributed by atoms with Crippen molar-refractivity contribution in [2.24, 2.45) is 5.10 Å². The number of aryl methyl sites for hydroxylation is 2. The number of H-pyrrole nitrogens is 1. The van der Waals surface area contributed by atoms with Crippen molar-refractivity contribution in [3.63, 3.8) is 0 Å². The van der Waals surface area contributed by atoms with Crippen LogP contribution in [0.25, 0.3) is 6.08 Å². The molecule has 0 atom stereocenters. The molecule has 2 aromatic rings. The van der Waals surface area contributed by atoms with Crippen LogP contribution in [0.5, 0.6) is 0 Å². The lowest BCUT2D eigenvalue weighted by atomic mass is 9.94. The molecule has 0 saturated carbocycles. The summed E-state index contributed by atoms with van der Waals surface area (Å²) < 4.78 is 5.14. The lowest BCUT2D eigenvalue weighted by Crippen LogP contribution is -2.15. The number of hydrogen-bond donors (Lipinski definition) is 2. The fraction of sp³-hybridized carbons (Fsp3) is 0.421. The van der Waals surface area contributed by atoms with Gasteiger partial charge in [0.05, 0.1) is 5.57 Å². The van der Waals surface area contributed by atoms with Gasteiger partial charge in [-0.15, -0.1) is 0 Å². The molecule has 7 heteroatoms. The van der Waals surface area contributed by atoms with Gasteiger partial charge in [-0.3, -0.25) is 4.79 Å². The Morgan fingerprint density at radius 3 is 2.85 bits per heavy atom. The fourth-order valence-electron chi connectivity index (χ4n) is 3.68. The van der Waals surface area contributed by atoms with E-state index in [2.05, 4.69) is 39.7 Å². The van der Waals surface area contributed by atoms with Gasteiger partial charge in [0.1, 0.15) is 17.2 Å². The SMILES string of the molecule is Cc1cc(C2=NNC(=O)/C2=C/c2[nH]c3c(c2CN(C)C)CCCC3)no1. The van der Waals surface area contributed by atoms with E-state index in [-0.39, 0.29) is 5.91 Å². The number of aromatic amines is 1. The Morgan fingerprint density at radius 1 is 1.31 bits per heavy atom. The van der Waals surface area contributed by atoms with E-state index in [0.29, 0.717) is 22.7 Å². The number of carbonyl (C=O) groups excluding carboxylic acids is 1. The topological polar surface area (TPSA) is 86.5 Å². The molecule has 4 rings (SSSR count). The van der Waals surface area contributed by atoms with Gasteiger partial charge >= 0.3 is 0 Å². The molecule has 2 aromatic heterocycles. The molecule has 0 bridgehead atoms. The number of aromatic nitrogens is 2. The van der Waals surface area contributed by atoms with Crippen molar-refractivity contribution in [1.29, 1.82) is 0 Å². The maximum absolute atomic E-state index is 12.4. The molecule has 0 fully saturated rings. The van der Waals surface area contributed by atoms with Crippen molar-refractivity contribution in [2.75, 3.05) is 14.1 Å². The second-order valence-corrected chi connectivity index (χ2v) is 7.20. The predicted molar refractivity (Wildman–Crippen MR) is 98.7 cm³/mol. The summed E-state index contributed by atoms with van der Waals surface area (Å²) in [5, 5.41) is 8.16. The van der Waals surface area contributed by atoms with E-state index < -0.39 is 0 Å². The van der Waals surface area contributed by atoms with Gasteiger partial charge in [0, 0.05) is 24.0 Å². The maximum Gasteiger partial charge on any atom is 0.273 e. The third-order valence-electron chi connectivity index (χ3n) is 4.85. The van der Waals surface area contributed by atoms with Crippen molar-refractivity contribution in [3.05, 3.63) is 45.6 Å². The lowest BCUT2D eigenvalue weighted by Gasteiger charge is -2.15. The first kappa shape index (κ1) is 16.8. The average molecular weight is 353 g/mol. The quantitative estimate of drug-likeness (QED) is 0.825. The minimum absolute atomic E-state index is 0.218. The van der Waals surface area contributed by atoms with Gasteiger partial charge < -0.3 is 14.4 Å². The lowest BCUT2D eigenvalue weighted by molar-refractivity contribution is -0.116. The van der Waals surface area contributed by atoms with Gasteiger partial charge in [0.25, 0.3) is 5.91 Å². The smallest absolute Gasteiger partial charge is 0.273 e. The molecule has 7 nitrogen and oxygen atoms in total. The standard InChI is InChI=1S/C19H23N5O2/c1-11-8-17(23-26-11)18-13(19(25)22-21-18)9-16-14(10-24(2)3)12-6-4-5-7-15(12)20-16/h8-9,20H,4-7,10H2,1-3H3,(H,22,25)/b13-9+. The molecule has 3 heterocycles. The molecule has 1 amide bonds. The van der Waals surface area contributed by atoms with Gasteiger partial charge in [0.15, 0.2) is 0 Å². The molecule has 1 aliphatic heterocycles. The summed E-state index contributed by atoms with van der Waals surface area (Å²) in [4.78, 5) is 18.1. The molecule has 136 valence electrons. The Kier molecular flexibility index (Phi) is 4.24. The first-order valence-electron chi connectivity index (χ1n) is 8.94. The van der Waals surface area contributed by atoms with E-state index in [9.17, 15) is 4.79 Å². The first-order valence-corrected chi connectivity index (χ1v) is 8.94. The molecule has 0 unspecified atom stereocenters. The van der Waals surface area contributed by atoms with Crippen LogP contribution in [0.15, 0.2) is 21.3 Å². The summed E-state index contributed by atoms with van der Waals surface area (Å²) in [5.74, 6) is 0.467. The van der Waals surface area contributed by atoms with Crippen molar-refractivity contribution in [2.45, 2.75) is 39.2 Å². The van der Waals surface area contributed by atoms with Gasteiger partial charge in [-0.2, -0.15) is 5.10 Å². The third kappa shape index (κ3) is 2.99. The number of hydrazone groups is 1. The van der Waals surface area contributed by atoms with E-state index >= 15 is 0 Å². The molecule has 1 aliphatic carbocycles. The summed E-state index contributed by atoms with van der Waals surface area (Å²) in [6.45, 7) is 2.65. The number of nitrogens with zero attached hydrogens (tertiary/aromatic N) is 3. The maximum atomic E-state index is 12.4. The molecule has 0 saturated heterocycles. The van der Waals surface area contributed by atoms with Gasteiger partial charge in [-0.25, -0.2) is 5.43 Å². The van der Waals surface area contributed by atoms with Crippen LogP contribution in [0, 0.1) is 6.92 Å². The van der Waals surface area contributed by atoms with Crippen molar-refractivity contribution in [1.82, 2.24) is 20.5 Å². The second-order valence-electron chi connectivity index (χ2n) is 7.20. The summed E-state index contributed by atoms with van der Waals surface area (Å²) in [7, 11) is 4.12. The summed E-state index contributed by atoms with van der Waals surface area (Å²) >= 11 is 0. The first-order chi connectivity index (χ1) is 12.5. The zero-order valence-electron chi connectivity index (χ0n) is 15.3. The number of nitrogens with one attached hydrogen (secondary N) is 2. The number of hydrogen-bond acceptors (Lipinski definition) is 5. The van der Waals surface area contributed by atoms with Crippen molar-refractivity contribution in [3.8, 4) is 0 Å². The van der Waals surface area contributed by atoms with E-state index in [1.54, 1.807) is 6.07 Å². The van der Waals surface area contributed by atoms with E-state index in [0.717, 1.165) is 25.1 Å². The van der Waals surface area contributed by atoms with Gasteiger partial charge in [-0.05, 0) is 63.9 Å². The highest BCUT2D eigenvalue weighted by molar-refractivity contribution is 6.32. The summed E-state index contributed by atoms with van der Waals surface area (Å²) in [5.41, 5.74) is 9.12. The molecular formula is C19H23N5O2. The van der Waals surface area contributed by atoms with Crippen molar-refractivity contribution >= 4 is 17.7 Å². The highest BCUT2D eigenvalue weighted by Gasteiger charge is 2.28. The van der Waals surface area contributed by atoms with Crippen LogP contribution >= 0.6 is 0 Å². The number of fused-ring (bicyclic) bond motifs is 1. The Morgan fingerprint density at radius 2 is 2.12 bits per heavy atom. The van der Waals surface area contributed by atoms with Crippen LogP contribution in [0.1, 0.15) is 46.8 Å². The normalized spacial score (nSPS) is 18.4. The summed E-state index contributed by atoms with van der Waals surface area (Å²) in [6, 6.07) is 1.79. The van der Waals surface area contributed by atoms with Crippen LogP contribution in [0.4, 0.5) is 0 Å². The molecule has 26 heavy (non-hydrogen) atoms. The minimum Gasteiger partial charge on any atom is -0.361 e. The van der Waals surface area contributed by atoms with E-state index in [4.69, 9.17) is 4.52 Å². The highest BCUT2D eigenvalue weighted by Crippen LogP contribution is 2.30.